The van der Waals surface area contributed by atoms with E-state index in [0.717, 1.165) is 0 Å². The normalized spacial score (nSPS) is 24.8. The maximum atomic E-state index is 12.1. The van der Waals surface area contributed by atoms with Crippen LogP contribution in [0.15, 0.2) is 0 Å². The van der Waals surface area contributed by atoms with Crippen molar-refractivity contribution in [3.05, 3.63) is 0 Å². The van der Waals surface area contributed by atoms with E-state index in [9.17, 15) is 14.7 Å². The third-order valence-corrected chi connectivity index (χ3v) is 3.14. The molecule has 5 nitrogen and oxygen atoms in total. The zero-order valence-electron chi connectivity index (χ0n) is 11.6. The third-order valence-electron chi connectivity index (χ3n) is 3.14. The third kappa shape index (κ3) is 3.62. The van der Waals surface area contributed by atoms with Crippen molar-refractivity contribution in [2.75, 3.05) is 6.54 Å². The minimum absolute atomic E-state index is 0.258. The molecule has 1 rings (SSSR count). The minimum atomic E-state index is -0.824. The van der Waals surface area contributed by atoms with Crippen molar-refractivity contribution in [2.45, 2.75) is 58.6 Å². The number of nitrogens with zero attached hydrogens (tertiary/aromatic N) is 1. The first-order chi connectivity index (χ1) is 8.26. The number of hydrogen-bond acceptors (Lipinski definition) is 3. The van der Waals surface area contributed by atoms with Gasteiger partial charge in [0.1, 0.15) is 5.60 Å². The molecule has 1 amide bonds. The fraction of sp³-hybridized carbons (Fsp3) is 0.846. The van der Waals surface area contributed by atoms with Gasteiger partial charge in [0, 0.05) is 12.6 Å². The molecule has 0 bridgehead atoms. The number of carbonyl (C=O) groups excluding carboxylic acids is 1. The Morgan fingerprint density at radius 2 is 2.00 bits per heavy atom. The van der Waals surface area contributed by atoms with Crippen molar-refractivity contribution in [3.63, 3.8) is 0 Å². The quantitative estimate of drug-likeness (QED) is 0.825. The van der Waals surface area contributed by atoms with Gasteiger partial charge in [0.05, 0.1) is 5.92 Å². The summed E-state index contributed by atoms with van der Waals surface area (Å²) in [5.41, 5.74) is -0.550. The van der Waals surface area contributed by atoms with Crippen LogP contribution < -0.4 is 0 Å². The van der Waals surface area contributed by atoms with E-state index in [0.29, 0.717) is 25.8 Å². The predicted octanol–water partition coefficient (Wildman–Crippen LogP) is 2.50. The molecule has 1 unspecified atom stereocenters. The summed E-state index contributed by atoms with van der Waals surface area (Å²) in [5.74, 6) is -1.30. The van der Waals surface area contributed by atoms with Gasteiger partial charge in [-0.1, -0.05) is 6.92 Å². The van der Waals surface area contributed by atoms with Crippen LogP contribution in [0, 0.1) is 5.92 Å². The Labute approximate surface area is 108 Å². The van der Waals surface area contributed by atoms with Gasteiger partial charge in [0.15, 0.2) is 0 Å². The molecule has 0 radical (unpaired) electrons. The van der Waals surface area contributed by atoms with Crippen LogP contribution in [0.5, 0.6) is 0 Å². The van der Waals surface area contributed by atoms with Crippen LogP contribution in [0.25, 0.3) is 0 Å². The van der Waals surface area contributed by atoms with E-state index in [-0.39, 0.29) is 6.04 Å². The second-order valence-electron chi connectivity index (χ2n) is 5.74. The van der Waals surface area contributed by atoms with Crippen LogP contribution >= 0.6 is 0 Å². The summed E-state index contributed by atoms with van der Waals surface area (Å²) in [4.78, 5) is 24.8. The van der Waals surface area contributed by atoms with Crippen LogP contribution in [-0.4, -0.2) is 40.3 Å². The Morgan fingerprint density at radius 3 is 2.44 bits per heavy atom. The molecule has 1 saturated heterocycles. The van der Waals surface area contributed by atoms with E-state index in [1.807, 2.05) is 27.7 Å². The summed E-state index contributed by atoms with van der Waals surface area (Å²) in [6.45, 7) is 7.92. The zero-order chi connectivity index (χ0) is 13.9. The van der Waals surface area contributed by atoms with Crippen LogP contribution in [0.1, 0.15) is 47.0 Å². The molecule has 0 saturated carbocycles. The summed E-state index contributed by atoms with van der Waals surface area (Å²) >= 11 is 0. The van der Waals surface area contributed by atoms with Crippen LogP contribution in [0.3, 0.4) is 0 Å². The number of likely N-dealkylation sites (tertiary alicyclic amines) is 1. The lowest BCUT2D eigenvalue weighted by Crippen LogP contribution is -2.51. The molecule has 2 atom stereocenters. The van der Waals surface area contributed by atoms with Gasteiger partial charge in [-0.2, -0.15) is 0 Å². The van der Waals surface area contributed by atoms with E-state index in [4.69, 9.17) is 4.74 Å². The van der Waals surface area contributed by atoms with E-state index < -0.39 is 23.6 Å². The number of amides is 1. The van der Waals surface area contributed by atoms with Gasteiger partial charge in [0.25, 0.3) is 0 Å². The summed E-state index contributed by atoms with van der Waals surface area (Å²) < 4.78 is 5.33. The van der Waals surface area contributed by atoms with Crippen molar-refractivity contribution in [2.24, 2.45) is 5.92 Å². The number of carbonyl (C=O) groups is 2. The molecule has 5 heteroatoms. The molecule has 0 spiro atoms. The zero-order valence-corrected chi connectivity index (χ0v) is 11.6. The molecule has 0 aromatic heterocycles. The highest BCUT2D eigenvalue weighted by molar-refractivity contribution is 5.74. The van der Waals surface area contributed by atoms with Gasteiger partial charge in [-0.05, 0) is 40.0 Å². The lowest BCUT2D eigenvalue weighted by Gasteiger charge is -2.39. The van der Waals surface area contributed by atoms with Gasteiger partial charge in [-0.3, -0.25) is 4.79 Å². The number of rotatable bonds is 2. The Balaban J connectivity index is 2.79. The van der Waals surface area contributed by atoms with Crippen molar-refractivity contribution in [1.82, 2.24) is 4.90 Å². The first-order valence-corrected chi connectivity index (χ1v) is 6.48. The molecule has 1 aliphatic rings. The standard InChI is InChI=1S/C13H23NO4/c1-5-10-9(11(15)16)7-6-8-14(10)12(17)18-13(2,3)4/h9-10H,5-8H2,1-4H3,(H,15,16)/t9?,10-/m1/s1. The SMILES string of the molecule is CC[C@@H]1C(C(=O)O)CCCN1C(=O)OC(C)(C)C. The molecule has 1 N–H and O–H groups in total. The number of ether oxygens (including phenoxy) is 1. The second kappa shape index (κ2) is 5.59. The second-order valence-corrected chi connectivity index (χ2v) is 5.74. The molecule has 0 aliphatic carbocycles. The summed E-state index contributed by atoms with van der Waals surface area (Å²) in [5, 5.41) is 9.19. The topological polar surface area (TPSA) is 66.8 Å². The van der Waals surface area contributed by atoms with E-state index >= 15 is 0 Å². The molecular formula is C13H23NO4. The number of piperidine rings is 1. The first kappa shape index (κ1) is 14.8. The van der Waals surface area contributed by atoms with Crippen LogP contribution in [0.4, 0.5) is 4.79 Å². The van der Waals surface area contributed by atoms with Crippen molar-refractivity contribution in [1.29, 1.82) is 0 Å². The molecule has 18 heavy (non-hydrogen) atoms. The van der Waals surface area contributed by atoms with Gasteiger partial charge < -0.3 is 14.7 Å². The number of aliphatic carboxylic acids is 1. The Morgan fingerprint density at radius 1 is 1.39 bits per heavy atom. The lowest BCUT2D eigenvalue weighted by atomic mass is 9.88. The highest BCUT2D eigenvalue weighted by Crippen LogP contribution is 2.27. The van der Waals surface area contributed by atoms with Crippen LogP contribution in [0.2, 0.25) is 0 Å². The van der Waals surface area contributed by atoms with E-state index in [1.54, 1.807) is 4.90 Å². The highest BCUT2D eigenvalue weighted by Gasteiger charge is 2.38. The van der Waals surface area contributed by atoms with Gasteiger partial charge in [-0.25, -0.2) is 4.79 Å². The van der Waals surface area contributed by atoms with E-state index in [1.165, 1.54) is 0 Å². The smallest absolute Gasteiger partial charge is 0.410 e. The maximum Gasteiger partial charge on any atom is 0.410 e. The van der Waals surface area contributed by atoms with Crippen molar-refractivity contribution >= 4 is 12.1 Å². The molecule has 104 valence electrons. The number of hydrogen-bond donors (Lipinski definition) is 1. The summed E-state index contributed by atoms with van der Waals surface area (Å²) in [6.07, 6.45) is 1.58. The average Bonchev–Trinajstić information content (AvgIpc) is 2.25. The monoisotopic (exact) mass is 257 g/mol. The average molecular weight is 257 g/mol. The fourth-order valence-electron chi connectivity index (χ4n) is 2.40. The first-order valence-electron chi connectivity index (χ1n) is 6.48. The number of carboxylic acid groups (broad SMARTS) is 1. The van der Waals surface area contributed by atoms with Gasteiger partial charge >= 0.3 is 12.1 Å². The van der Waals surface area contributed by atoms with Crippen molar-refractivity contribution in [3.8, 4) is 0 Å². The summed E-state index contributed by atoms with van der Waals surface area (Å²) in [7, 11) is 0. The molecule has 1 heterocycles. The Kier molecular flexibility index (Phi) is 4.59. The van der Waals surface area contributed by atoms with Gasteiger partial charge in [-0.15, -0.1) is 0 Å². The largest absolute Gasteiger partial charge is 0.481 e. The fourth-order valence-corrected chi connectivity index (χ4v) is 2.40. The Hall–Kier alpha value is -1.26. The predicted molar refractivity (Wildman–Crippen MR) is 67.4 cm³/mol. The van der Waals surface area contributed by atoms with Crippen LogP contribution in [-0.2, 0) is 9.53 Å². The maximum absolute atomic E-state index is 12.1. The Bertz CT molecular complexity index is 321. The molecule has 0 aromatic rings. The van der Waals surface area contributed by atoms with E-state index in [2.05, 4.69) is 0 Å². The molecule has 0 aromatic carbocycles. The molecule has 1 fully saturated rings. The summed E-state index contributed by atoms with van der Waals surface area (Å²) in [6, 6.07) is -0.258. The lowest BCUT2D eigenvalue weighted by molar-refractivity contribution is -0.145. The van der Waals surface area contributed by atoms with Crippen molar-refractivity contribution < 1.29 is 19.4 Å². The highest BCUT2D eigenvalue weighted by atomic mass is 16.6. The number of carboxylic acids is 1. The minimum Gasteiger partial charge on any atom is -0.481 e. The molecular weight excluding hydrogens is 234 g/mol. The van der Waals surface area contributed by atoms with Gasteiger partial charge in [0.2, 0.25) is 0 Å². The molecule has 1 aliphatic heterocycles.